The minimum absolute atomic E-state index is 0.0996. The van der Waals surface area contributed by atoms with Gasteiger partial charge in [-0.05, 0) is 17.7 Å². The van der Waals surface area contributed by atoms with E-state index in [-0.39, 0.29) is 17.0 Å². The highest BCUT2D eigenvalue weighted by atomic mass is 16.6. The largest absolute Gasteiger partial charge is 0.288 e. The van der Waals surface area contributed by atoms with Crippen LogP contribution in [0.5, 0.6) is 0 Å². The molecule has 0 aromatic heterocycles. The molecule has 0 bridgehead atoms. The van der Waals surface area contributed by atoms with Crippen LogP contribution in [-0.4, -0.2) is 10.7 Å². The third-order valence-electron chi connectivity index (χ3n) is 3.58. The molecule has 23 heavy (non-hydrogen) atoms. The Balaban J connectivity index is 2.19. The van der Waals surface area contributed by atoms with Gasteiger partial charge < -0.3 is 0 Å². The van der Waals surface area contributed by atoms with E-state index in [2.05, 4.69) is 0 Å². The van der Waals surface area contributed by atoms with Crippen molar-refractivity contribution < 1.29 is 9.72 Å². The van der Waals surface area contributed by atoms with Crippen molar-refractivity contribution in [3.63, 3.8) is 0 Å². The van der Waals surface area contributed by atoms with E-state index in [1.54, 1.807) is 54.6 Å². The van der Waals surface area contributed by atoms with E-state index in [1.807, 2.05) is 18.2 Å². The van der Waals surface area contributed by atoms with Gasteiger partial charge in [-0.25, -0.2) is 0 Å². The average Bonchev–Trinajstić information content (AvgIpc) is 2.62. The van der Waals surface area contributed by atoms with E-state index in [0.29, 0.717) is 16.7 Å². The van der Waals surface area contributed by atoms with Crippen molar-refractivity contribution in [2.75, 3.05) is 0 Å². The lowest BCUT2D eigenvalue weighted by molar-refractivity contribution is -0.384. The summed E-state index contributed by atoms with van der Waals surface area (Å²) in [5, 5.41) is 11.6. The van der Waals surface area contributed by atoms with Gasteiger partial charge in [0.2, 0.25) is 0 Å². The number of benzene rings is 3. The smallest absolute Gasteiger partial charge is 0.288 e. The molecule has 3 rings (SSSR count). The average molecular weight is 303 g/mol. The van der Waals surface area contributed by atoms with Crippen LogP contribution in [-0.2, 0) is 0 Å². The SMILES string of the molecule is O=C(c1ccccc1)c1cccc(-c2ccccc2)c1[N+](=O)[O-]. The Hall–Kier alpha value is -3.27. The fourth-order valence-corrected chi connectivity index (χ4v) is 2.52. The van der Waals surface area contributed by atoms with Crippen molar-refractivity contribution in [3.8, 4) is 11.1 Å². The van der Waals surface area contributed by atoms with Crippen LogP contribution in [0.15, 0.2) is 78.9 Å². The first-order valence-electron chi connectivity index (χ1n) is 7.11. The van der Waals surface area contributed by atoms with Gasteiger partial charge in [0.15, 0.2) is 5.78 Å². The van der Waals surface area contributed by atoms with Crippen molar-refractivity contribution >= 4 is 11.5 Å². The Bertz CT molecular complexity index is 858. The molecule has 112 valence electrons. The molecule has 0 saturated carbocycles. The van der Waals surface area contributed by atoms with E-state index in [0.717, 1.165) is 0 Å². The number of ketones is 1. The van der Waals surface area contributed by atoms with Gasteiger partial charge in [-0.3, -0.25) is 14.9 Å². The minimum Gasteiger partial charge on any atom is -0.288 e. The Morgan fingerprint density at radius 1 is 0.783 bits per heavy atom. The van der Waals surface area contributed by atoms with E-state index in [9.17, 15) is 14.9 Å². The van der Waals surface area contributed by atoms with Crippen LogP contribution < -0.4 is 0 Å². The van der Waals surface area contributed by atoms with E-state index in [4.69, 9.17) is 0 Å². The van der Waals surface area contributed by atoms with E-state index in [1.165, 1.54) is 6.07 Å². The molecule has 4 heteroatoms. The van der Waals surface area contributed by atoms with Gasteiger partial charge in [0, 0.05) is 5.56 Å². The maximum atomic E-state index is 12.7. The molecule has 0 amide bonds. The quantitative estimate of drug-likeness (QED) is 0.405. The van der Waals surface area contributed by atoms with Crippen molar-refractivity contribution in [3.05, 3.63) is 100 Å². The second-order valence-electron chi connectivity index (χ2n) is 5.02. The van der Waals surface area contributed by atoms with Crippen LogP contribution >= 0.6 is 0 Å². The maximum absolute atomic E-state index is 12.7. The maximum Gasteiger partial charge on any atom is 0.288 e. The fraction of sp³-hybridized carbons (Fsp3) is 0. The lowest BCUT2D eigenvalue weighted by atomic mass is 9.95. The number of nitrogens with zero attached hydrogens (tertiary/aromatic N) is 1. The topological polar surface area (TPSA) is 60.2 Å². The minimum atomic E-state index is -0.488. The molecule has 0 aliphatic heterocycles. The third kappa shape index (κ3) is 2.87. The number of hydrogen-bond donors (Lipinski definition) is 0. The number of nitro benzene ring substituents is 1. The molecule has 0 saturated heterocycles. The molecular weight excluding hydrogens is 290 g/mol. The van der Waals surface area contributed by atoms with Gasteiger partial charge in [-0.1, -0.05) is 66.7 Å². The van der Waals surface area contributed by atoms with Gasteiger partial charge in [0.25, 0.3) is 5.69 Å². The molecule has 0 aliphatic carbocycles. The molecule has 0 atom stereocenters. The van der Waals surface area contributed by atoms with Gasteiger partial charge in [0.05, 0.1) is 10.5 Å². The predicted octanol–water partition coefficient (Wildman–Crippen LogP) is 4.49. The summed E-state index contributed by atoms with van der Waals surface area (Å²) in [4.78, 5) is 23.8. The first kappa shape index (κ1) is 14.7. The molecule has 3 aromatic carbocycles. The number of para-hydroxylation sites is 1. The van der Waals surface area contributed by atoms with Crippen LogP contribution in [0.1, 0.15) is 15.9 Å². The first-order valence-corrected chi connectivity index (χ1v) is 7.11. The van der Waals surface area contributed by atoms with Gasteiger partial charge in [-0.15, -0.1) is 0 Å². The highest BCUT2D eigenvalue weighted by molar-refractivity contribution is 6.12. The Morgan fingerprint density at radius 2 is 1.39 bits per heavy atom. The zero-order chi connectivity index (χ0) is 16.2. The molecule has 0 heterocycles. The summed E-state index contributed by atoms with van der Waals surface area (Å²) in [6, 6.07) is 22.5. The highest BCUT2D eigenvalue weighted by Gasteiger charge is 2.25. The molecule has 3 aromatic rings. The predicted molar refractivity (Wildman–Crippen MR) is 88.4 cm³/mol. The number of hydrogen-bond acceptors (Lipinski definition) is 3. The Kier molecular flexibility index (Phi) is 3.97. The normalized spacial score (nSPS) is 10.3. The van der Waals surface area contributed by atoms with Crippen LogP contribution in [0.3, 0.4) is 0 Å². The molecule has 0 fully saturated rings. The number of nitro groups is 1. The lowest BCUT2D eigenvalue weighted by Gasteiger charge is -2.08. The highest BCUT2D eigenvalue weighted by Crippen LogP contribution is 2.33. The van der Waals surface area contributed by atoms with Crippen molar-refractivity contribution in [2.45, 2.75) is 0 Å². The summed E-state index contributed by atoms with van der Waals surface area (Å²) in [5.41, 5.74) is 1.52. The summed E-state index contributed by atoms with van der Waals surface area (Å²) in [6.45, 7) is 0. The monoisotopic (exact) mass is 303 g/mol. The van der Waals surface area contributed by atoms with Crippen LogP contribution in [0.2, 0.25) is 0 Å². The van der Waals surface area contributed by atoms with Gasteiger partial charge >= 0.3 is 0 Å². The van der Waals surface area contributed by atoms with Crippen molar-refractivity contribution in [1.29, 1.82) is 0 Å². The van der Waals surface area contributed by atoms with Crippen molar-refractivity contribution in [2.24, 2.45) is 0 Å². The van der Waals surface area contributed by atoms with E-state index < -0.39 is 4.92 Å². The molecule has 0 N–H and O–H groups in total. The van der Waals surface area contributed by atoms with Gasteiger partial charge in [-0.2, -0.15) is 0 Å². The molecule has 0 spiro atoms. The molecule has 0 unspecified atom stereocenters. The van der Waals surface area contributed by atoms with Crippen molar-refractivity contribution in [1.82, 2.24) is 0 Å². The fourth-order valence-electron chi connectivity index (χ4n) is 2.52. The van der Waals surface area contributed by atoms with E-state index >= 15 is 0 Å². The zero-order valence-electron chi connectivity index (χ0n) is 12.2. The number of carbonyl (C=O) groups excluding carboxylic acids is 1. The molecule has 0 radical (unpaired) electrons. The summed E-state index contributed by atoms with van der Waals surface area (Å²) in [6.07, 6.45) is 0. The molecular formula is C19H13NO3. The lowest BCUT2D eigenvalue weighted by Crippen LogP contribution is -2.06. The molecule has 0 aliphatic rings. The summed E-state index contributed by atoms with van der Waals surface area (Å²) in [5.74, 6) is -0.352. The summed E-state index contributed by atoms with van der Waals surface area (Å²) >= 11 is 0. The molecule has 4 nitrogen and oxygen atoms in total. The van der Waals surface area contributed by atoms with Crippen LogP contribution in [0.4, 0.5) is 5.69 Å². The summed E-state index contributed by atoms with van der Waals surface area (Å²) < 4.78 is 0. The third-order valence-corrected chi connectivity index (χ3v) is 3.58. The van der Waals surface area contributed by atoms with Crippen LogP contribution in [0, 0.1) is 10.1 Å². The number of carbonyl (C=O) groups is 1. The first-order chi connectivity index (χ1) is 11.2. The Labute approximate surface area is 133 Å². The second kappa shape index (κ2) is 6.23. The Morgan fingerprint density at radius 3 is 2.00 bits per heavy atom. The van der Waals surface area contributed by atoms with Gasteiger partial charge in [0.1, 0.15) is 5.56 Å². The summed E-state index contributed by atoms with van der Waals surface area (Å²) in [7, 11) is 0. The zero-order valence-corrected chi connectivity index (χ0v) is 12.2. The second-order valence-corrected chi connectivity index (χ2v) is 5.02. The standard InChI is InChI=1S/C19H13NO3/c21-19(15-10-5-2-6-11-15)17-13-7-12-16(18(17)20(22)23)14-8-3-1-4-9-14/h1-13H. The number of rotatable bonds is 4. The van der Waals surface area contributed by atoms with Crippen LogP contribution in [0.25, 0.3) is 11.1 Å².